The number of tetrazole rings is 1. The van der Waals surface area contributed by atoms with E-state index in [1.165, 1.54) is 11.8 Å². The fraction of sp³-hybridized carbons (Fsp3) is 0.235. The molecule has 130 valence electrons. The summed E-state index contributed by atoms with van der Waals surface area (Å²) in [7, 11) is 0. The summed E-state index contributed by atoms with van der Waals surface area (Å²) in [6, 6.07) is 14.9. The van der Waals surface area contributed by atoms with Crippen molar-refractivity contribution in [1.29, 1.82) is 0 Å². The summed E-state index contributed by atoms with van der Waals surface area (Å²) in [5.74, 6) is 1.19. The van der Waals surface area contributed by atoms with Crippen LogP contribution in [-0.4, -0.2) is 43.8 Å². The van der Waals surface area contributed by atoms with Gasteiger partial charge in [0.1, 0.15) is 12.4 Å². The molecule has 3 rings (SSSR count). The molecule has 0 fully saturated rings. The summed E-state index contributed by atoms with van der Waals surface area (Å²) >= 11 is 7.26. The zero-order valence-corrected chi connectivity index (χ0v) is 15.1. The van der Waals surface area contributed by atoms with Gasteiger partial charge in [0.25, 0.3) is 0 Å². The van der Waals surface area contributed by atoms with Gasteiger partial charge >= 0.3 is 0 Å². The summed E-state index contributed by atoms with van der Waals surface area (Å²) < 4.78 is 7.27. The van der Waals surface area contributed by atoms with Crippen molar-refractivity contribution in [2.24, 2.45) is 0 Å². The summed E-state index contributed by atoms with van der Waals surface area (Å²) in [5.41, 5.74) is 1.84. The van der Waals surface area contributed by atoms with E-state index < -0.39 is 6.10 Å². The van der Waals surface area contributed by atoms with Crippen molar-refractivity contribution in [3.05, 3.63) is 59.1 Å². The number of hydrogen-bond acceptors (Lipinski definition) is 6. The van der Waals surface area contributed by atoms with Crippen molar-refractivity contribution in [2.75, 3.05) is 12.4 Å². The molecular weight excluding hydrogens is 360 g/mol. The zero-order valence-electron chi connectivity index (χ0n) is 13.5. The number of halogens is 1. The van der Waals surface area contributed by atoms with Gasteiger partial charge in [0.05, 0.1) is 11.8 Å². The Balaban J connectivity index is 1.56. The molecule has 3 aromatic rings. The number of rotatable bonds is 7. The molecule has 0 spiro atoms. The zero-order chi connectivity index (χ0) is 17.6. The van der Waals surface area contributed by atoms with Crippen molar-refractivity contribution in [3.8, 4) is 11.4 Å². The van der Waals surface area contributed by atoms with Crippen molar-refractivity contribution < 1.29 is 9.84 Å². The SMILES string of the molecule is Cc1ccccc1OC[C@H](O)CSc1nnnn1-c1ccc(Cl)cc1. The second-order valence-corrected chi connectivity index (χ2v) is 6.81. The minimum Gasteiger partial charge on any atom is -0.491 e. The van der Waals surface area contributed by atoms with Crippen LogP contribution in [0.25, 0.3) is 5.69 Å². The largest absolute Gasteiger partial charge is 0.491 e. The molecule has 0 amide bonds. The minimum absolute atomic E-state index is 0.209. The van der Waals surface area contributed by atoms with Crippen LogP contribution in [0.4, 0.5) is 0 Å². The minimum atomic E-state index is -0.639. The van der Waals surface area contributed by atoms with Crippen LogP contribution in [0.3, 0.4) is 0 Å². The Kier molecular flexibility index (Phi) is 5.91. The third-order valence-corrected chi connectivity index (χ3v) is 4.76. The molecule has 0 bridgehead atoms. The number of aromatic nitrogens is 4. The monoisotopic (exact) mass is 376 g/mol. The van der Waals surface area contributed by atoms with Crippen LogP contribution in [0, 0.1) is 6.92 Å². The average molecular weight is 377 g/mol. The molecule has 1 aromatic heterocycles. The Bertz CT molecular complexity index is 826. The van der Waals surface area contributed by atoms with Gasteiger partial charge < -0.3 is 9.84 Å². The van der Waals surface area contributed by atoms with Crippen LogP contribution in [0.1, 0.15) is 5.56 Å². The number of ether oxygens (including phenoxy) is 1. The maximum Gasteiger partial charge on any atom is 0.214 e. The Labute approximate surface area is 154 Å². The predicted octanol–water partition coefficient (Wildman–Crippen LogP) is 3.16. The molecule has 1 N–H and O–H groups in total. The number of thioether (sulfide) groups is 1. The van der Waals surface area contributed by atoms with E-state index in [-0.39, 0.29) is 6.61 Å². The number of aryl methyl sites for hydroxylation is 1. The van der Waals surface area contributed by atoms with Crippen molar-refractivity contribution in [1.82, 2.24) is 20.2 Å². The lowest BCUT2D eigenvalue weighted by Gasteiger charge is -2.13. The number of hydrogen-bond donors (Lipinski definition) is 1. The van der Waals surface area contributed by atoms with Gasteiger partial charge in [-0.1, -0.05) is 41.6 Å². The Morgan fingerprint density at radius 3 is 2.72 bits per heavy atom. The first-order valence-corrected chi connectivity index (χ1v) is 9.03. The first kappa shape index (κ1) is 17.7. The second-order valence-electron chi connectivity index (χ2n) is 5.39. The Hall–Kier alpha value is -2.09. The highest BCUT2D eigenvalue weighted by molar-refractivity contribution is 7.99. The fourth-order valence-electron chi connectivity index (χ4n) is 2.14. The maximum absolute atomic E-state index is 10.2. The van der Waals surface area contributed by atoms with Crippen LogP contribution in [0.5, 0.6) is 5.75 Å². The summed E-state index contributed by atoms with van der Waals surface area (Å²) in [5, 5.41) is 23.1. The molecule has 1 atom stereocenters. The molecule has 25 heavy (non-hydrogen) atoms. The van der Waals surface area contributed by atoms with Gasteiger partial charge in [-0.3, -0.25) is 0 Å². The Morgan fingerprint density at radius 2 is 1.96 bits per heavy atom. The first-order valence-electron chi connectivity index (χ1n) is 7.67. The number of para-hydroxylation sites is 1. The van der Waals surface area contributed by atoms with Crippen molar-refractivity contribution in [3.63, 3.8) is 0 Å². The van der Waals surface area contributed by atoms with E-state index >= 15 is 0 Å². The molecule has 6 nitrogen and oxygen atoms in total. The highest BCUT2D eigenvalue weighted by atomic mass is 35.5. The van der Waals surface area contributed by atoms with E-state index in [0.717, 1.165) is 17.0 Å². The number of benzene rings is 2. The lowest BCUT2D eigenvalue weighted by atomic mass is 10.2. The van der Waals surface area contributed by atoms with E-state index in [1.807, 2.05) is 43.3 Å². The van der Waals surface area contributed by atoms with E-state index in [0.29, 0.717) is 15.9 Å². The van der Waals surface area contributed by atoms with E-state index in [1.54, 1.807) is 16.8 Å². The topological polar surface area (TPSA) is 73.1 Å². The van der Waals surface area contributed by atoms with Crippen molar-refractivity contribution >= 4 is 23.4 Å². The molecule has 0 aliphatic heterocycles. The van der Waals surface area contributed by atoms with Crippen LogP contribution < -0.4 is 4.74 Å². The number of nitrogens with zero attached hydrogens (tertiary/aromatic N) is 4. The van der Waals surface area contributed by atoms with Crippen LogP contribution in [0.15, 0.2) is 53.7 Å². The molecule has 1 heterocycles. The fourth-order valence-corrected chi connectivity index (χ4v) is 3.06. The maximum atomic E-state index is 10.2. The highest BCUT2D eigenvalue weighted by Crippen LogP contribution is 2.21. The standard InChI is InChI=1S/C17H17ClN4O2S/c1-12-4-2-3-5-16(12)24-10-15(23)11-25-17-19-20-21-22(17)14-8-6-13(18)7-9-14/h2-9,15,23H,10-11H2,1H3/t15-/m0/s1. The summed E-state index contributed by atoms with van der Waals surface area (Å²) in [6.07, 6.45) is -0.639. The summed E-state index contributed by atoms with van der Waals surface area (Å²) in [6.45, 7) is 2.18. The van der Waals surface area contributed by atoms with Gasteiger partial charge in [-0.15, -0.1) is 5.10 Å². The lowest BCUT2D eigenvalue weighted by Crippen LogP contribution is -2.20. The van der Waals surface area contributed by atoms with Crippen LogP contribution >= 0.6 is 23.4 Å². The van der Waals surface area contributed by atoms with Crippen LogP contribution in [0.2, 0.25) is 5.02 Å². The van der Waals surface area contributed by atoms with Crippen LogP contribution in [-0.2, 0) is 0 Å². The first-order chi connectivity index (χ1) is 12.1. The molecule has 0 aliphatic carbocycles. The number of aliphatic hydroxyl groups excluding tert-OH is 1. The van der Waals surface area contributed by atoms with Gasteiger partial charge in [-0.05, 0) is 53.2 Å². The van der Waals surface area contributed by atoms with Gasteiger partial charge in [0.15, 0.2) is 0 Å². The quantitative estimate of drug-likeness (QED) is 0.638. The van der Waals surface area contributed by atoms with Gasteiger partial charge in [-0.25, -0.2) is 0 Å². The number of aliphatic hydroxyl groups is 1. The third kappa shape index (κ3) is 4.72. The predicted molar refractivity (Wildman–Crippen MR) is 97.6 cm³/mol. The van der Waals surface area contributed by atoms with Gasteiger partial charge in [-0.2, -0.15) is 4.68 Å². The molecule has 0 saturated heterocycles. The Morgan fingerprint density at radius 1 is 1.20 bits per heavy atom. The third-order valence-electron chi connectivity index (χ3n) is 3.44. The highest BCUT2D eigenvalue weighted by Gasteiger charge is 2.13. The molecule has 0 unspecified atom stereocenters. The van der Waals surface area contributed by atoms with E-state index in [2.05, 4.69) is 15.5 Å². The average Bonchev–Trinajstić information content (AvgIpc) is 3.08. The van der Waals surface area contributed by atoms with E-state index in [9.17, 15) is 5.11 Å². The van der Waals surface area contributed by atoms with Gasteiger partial charge in [0, 0.05) is 10.8 Å². The van der Waals surface area contributed by atoms with E-state index in [4.69, 9.17) is 16.3 Å². The molecule has 8 heteroatoms. The molecular formula is C17H17ClN4O2S. The smallest absolute Gasteiger partial charge is 0.214 e. The molecule has 2 aromatic carbocycles. The molecule has 0 saturated carbocycles. The van der Waals surface area contributed by atoms with Gasteiger partial charge in [0.2, 0.25) is 5.16 Å². The lowest BCUT2D eigenvalue weighted by molar-refractivity contribution is 0.126. The normalized spacial score (nSPS) is 12.1. The molecule has 0 aliphatic rings. The van der Waals surface area contributed by atoms with Crippen molar-refractivity contribution in [2.45, 2.75) is 18.2 Å². The molecule has 0 radical (unpaired) electrons. The summed E-state index contributed by atoms with van der Waals surface area (Å²) in [4.78, 5) is 0. The second kappa shape index (κ2) is 8.33.